The molecule has 0 saturated heterocycles. The highest BCUT2D eigenvalue weighted by molar-refractivity contribution is 6.59. The van der Waals surface area contributed by atoms with Crippen LogP contribution in [0.3, 0.4) is 0 Å². The molecule has 0 aromatic heterocycles. The van der Waals surface area contributed by atoms with Gasteiger partial charge in [-0.25, -0.2) is 0 Å². The van der Waals surface area contributed by atoms with Crippen molar-refractivity contribution in [2.24, 2.45) is 0 Å². The molecule has 3 rings (SSSR count). The van der Waals surface area contributed by atoms with Gasteiger partial charge in [0.2, 0.25) is 0 Å². The number of nitrogens with zero attached hydrogens (tertiary/aromatic N) is 1. The SMILES string of the molecule is CC1Cc2ccccc2N1Cc1ccccc1B(O)O. The Morgan fingerprint density at radius 3 is 2.60 bits per heavy atom. The van der Waals surface area contributed by atoms with Crippen LogP contribution >= 0.6 is 0 Å². The first-order chi connectivity index (χ1) is 9.66. The molecule has 0 saturated carbocycles. The van der Waals surface area contributed by atoms with Crippen LogP contribution in [0.25, 0.3) is 0 Å². The quantitative estimate of drug-likeness (QED) is 0.824. The van der Waals surface area contributed by atoms with E-state index in [-0.39, 0.29) is 0 Å². The normalized spacial score (nSPS) is 17.1. The molecular formula is C16H18BNO2. The van der Waals surface area contributed by atoms with Crippen LogP contribution in [0.15, 0.2) is 48.5 Å². The third-order valence-corrected chi connectivity index (χ3v) is 4.02. The molecule has 4 heteroatoms. The number of para-hydroxylation sites is 1. The van der Waals surface area contributed by atoms with Gasteiger partial charge in [0.1, 0.15) is 0 Å². The van der Waals surface area contributed by atoms with Crippen LogP contribution in [-0.4, -0.2) is 23.2 Å². The minimum absolute atomic E-state index is 0.427. The monoisotopic (exact) mass is 267 g/mol. The lowest BCUT2D eigenvalue weighted by atomic mass is 9.77. The van der Waals surface area contributed by atoms with Crippen molar-refractivity contribution in [3.63, 3.8) is 0 Å². The van der Waals surface area contributed by atoms with E-state index in [1.54, 1.807) is 6.07 Å². The summed E-state index contributed by atoms with van der Waals surface area (Å²) >= 11 is 0. The van der Waals surface area contributed by atoms with Crippen LogP contribution in [0.5, 0.6) is 0 Å². The van der Waals surface area contributed by atoms with Gasteiger partial charge < -0.3 is 14.9 Å². The molecule has 1 aliphatic heterocycles. The Morgan fingerprint density at radius 1 is 1.10 bits per heavy atom. The summed E-state index contributed by atoms with van der Waals surface area (Å²) in [5, 5.41) is 19.0. The fraction of sp³-hybridized carbons (Fsp3) is 0.250. The Bertz CT molecular complexity index is 615. The second kappa shape index (κ2) is 5.31. The van der Waals surface area contributed by atoms with E-state index in [1.165, 1.54) is 11.3 Å². The fourth-order valence-corrected chi connectivity index (χ4v) is 2.98. The first-order valence-corrected chi connectivity index (χ1v) is 6.95. The maximum absolute atomic E-state index is 9.48. The molecular weight excluding hydrogens is 249 g/mol. The summed E-state index contributed by atoms with van der Waals surface area (Å²) in [7, 11) is -1.42. The van der Waals surface area contributed by atoms with Gasteiger partial charge in [0.05, 0.1) is 0 Å². The van der Waals surface area contributed by atoms with Crippen molar-refractivity contribution in [1.82, 2.24) is 0 Å². The predicted molar refractivity (Wildman–Crippen MR) is 82.1 cm³/mol. The number of benzene rings is 2. The van der Waals surface area contributed by atoms with Crippen LogP contribution in [0.2, 0.25) is 0 Å². The molecule has 102 valence electrons. The Morgan fingerprint density at radius 2 is 1.80 bits per heavy atom. The topological polar surface area (TPSA) is 43.7 Å². The van der Waals surface area contributed by atoms with Crippen molar-refractivity contribution < 1.29 is 10.0 Å². The van der Waals surface area contributed by atoms with E-state index in [0.29, 0.717) is 18.0 Å². The van der Waals surface area contributed by atoms with Crippen molar-refractivity contribution in [1.29, 1.82) is 0 Å². The lowest BCUT2D eigenvalue weighted by Crippen LogP contribution is -2.37. The fourth-order valence-electron chi connectivity index (χ4n) is 2.98. The van der Waals surface area contributed by atoms with Gasteiger partial charge >= 0.3 is 7.12 Å². The minimum Gasteiger partial charge on any atom is -0.423 e. The number of anilines is 1. The smallest absolute Gasteiger partial charge is 0.423 e. The molecule has 1 atom stereocenters. The van der Waals surface area contributed by atoms with Crippen molar-refractivity contribution in [2.75, 3.05) is 4.90 Å². The number of fused-ring (bicyclic) bond motifs is 1. The third kappa shape index (κ3) is 2.32. The number of hydrogen-bond donors (Lipinski definition) is 2. The summed E-state index contributed by atoms with van der Waals surface area (Å²) in [6, 6.07) is 16.4. The second-order valence-electron chi connectivity index (χ2n) is 5.38. The van der Waals surface area contributed by atoms with Crippen LogP contribution < -0.4 is 10.4 Å². The summed E-state index contributed by atoms with van der Waals surface area (Å²) in [5.41, 5.74) is 4.17. The Labute approximate surface area is 119 Å². The van der Waals surface area contributed by atoms with Crippen LogP contribution in [-0.2, 0) is 13.0 Å². The van der Waals surface area contributed by atoms with E-state index in [9.17, 15) is 10.0 Å². The minimum atomic E-state index is -1.42. The second-order valence-corrected chi connectivity index (χ2v) is 5.38. The van der Waals surface area contributed by atoms with E-state index in [4.69, 9.17) is 0 Å². The zero-order valence-corrected chi connectivity index (χ0v) is 11.5. The zero-order valence-electron chi connectivity index (χ0n) is 11.5. The highest BCUT2D eigenvalue weighted by Crippen LogP contribution is 2.32. The molecule has 2 N–H and O–H groups in total. The highest BCUT2D eigenvalue weighted by Gasteiger charge is 2.26. The van der Waals surface area contributed by atoms with Gasteiger partial charge in [-0.3, -0.25) is 0 Å². The molecule has 20 heavy (non-hydrogen) atoms. The van der Waals surface area contributed by atoms with Crippen molar-refractivity contribution >= 4 is 18.3 Å². The standard InChI is InChI=1S/C16H18BNO2/c1-12-10-13-6-3-5-9-16(13)18(12)11-14-7-2-4-8-15(14)17(19)20/h2-9,12,19-20H,10-11H2,1H3. The molecule has 2 aromatic carbocycles. The molecule has 0 aliphatic carbocycles. The Hall–Kier alpha value is -1.78. The van der Waals surface area contributed by atoms with Crippen molar-refractivity contribution in [3.05, 3.63) is 59.7 Å². The van der Waals surface area contributed by atoms with Gasteiger partial charge in [-0.15, -0.1) is 0 Å². The molecule has 0 fully saturated rings. The molecule has 0 bridgehead atoms. The lowest BCUT2D eigenvalue weighted by Gasteiger charge is -2.26. The van der Waals surface area contributed by atoms with Gasteiger partial charge in [0, 0.05) is 18.3 Å². The van der Waals surface area contributed by atoms with E-state index >= 15 is 0 Å². The van der Waals surface area contributed by atoms with Crippen LogP contribution in [0.1, 0.15) is 18.1 Å². The van der Waals surface area contributed by atoms with Gasteiger partial charge in [0.15, 0.2) is 0 Å². The molecule has 0 radical (unpaired) electrons. The summed E-state index contributed by atoms with van der Waals surface area (Å²) in [4.78, 5) is 2.33. The van der Waals surface area contributed by atoms with E-state index in [0.717, 1.165) is 12.0 Å². The maximum Gasteiger partial charge on any atom is 0.488 e. The van der Waals surface area contributed by atoms with E-state index in [1.807, 2.05) is 18.2 Å². The Balaban J connectivity index is 1.92. The molecule has 1 heterocycles. The molecule has 0 spiro atoms. The number of hydrogen-bond acceptors (Lipinski definition) is 3. The van der Waals surface area contributed by atoms with Crippen molar-refractivity contribution in [2.45, 2.75) is 25.9 Å². The lowest BCUT2D eigenvalue weighted by molar-refractivity contribution is 0.425. The highest BCUT2D eigenvalue weighted by atomic mass is 16.4. The van der Waals surface area contributed by atoms with Gasteiger partial charge in [0.25, 0.3) is 0 Å². The van der Waals surface area contributed by atoms with Crippen LogP contribution in [0, 0.1) is 0 Å². The van der Waals surface area contributed by atoms with E-state index < -0.39 is 7.12 Å². The molecule has 0 amide bonds. The predicted octanol–water partition coefficient (Wildman–Crippen LogP) is 1.32. The van der Waals surface area contributed by atoms with Crippen molar-refractivity contribution in [3.8, 4) is 0 Å². The average molecular weight is 267 g/mol. The molecule has 1 aliphatic rings. The molecule has 3 nitrogen and oxygen atoms in total. The third-order valence-electron chi connectivity index (χ3n) is 4.02. The first-order valence-electron chi connectivity index (χ1n) is 6.95. The largest absolute Gasteiger partial charge is 0.488 e. The molecule has 2 aromatic rings. The first kappa shape index (κ1) is 13.2. The summed E-state index contributed by atoms with van der Waals surface area (Å²) in [5.74, 6) is 0. The molecule has 1 unspecified atom stereocenters. The summed E-state index contributed by atoms with van der Waals surface area (Å²) < 4.78 is 0. The van der Waals surface area contributed by atoms with Crippen LogP contribution in [0.4, 0.5) is 5.69 Å². The average Bonchev–Trinajstić information content (AvgIpc) is 2.76. The van der Waals surface area contributed by atoms with Gasteiger partial charge in [-0.05, 0) is 36.0 Å². The summed E-state index contributed by atoms with van der Waals surface area (Å²) in [6.45, 7) is 2.91. The summed E-state index contributed by atoms with van der Waals surface area (Å²) in [6.07, 6.45) is 1.04. The van der Waals surface area contributed by atoms with E-state index in [2.05, 4.69) is 36.1 Å². The number of rotatable bonds is 3. The van der Waals surface area contributed by atoms with Gasteiger partial charge in [-0.2, -0.15) is 0 Å². The maximum atomic E-state index is 9.48. The van der Waals surface area contributed by atoms with Gasteiger partial charge in [-0.1, -0.05) is 42.5 Å². The Kier molecular flexibility index (Phi) is 3.51. The zero-order chi connectivity index (χ0) is 14.1.